The molecule has 104 valence electrons. The standard InChI is InChI=1S/C16H15Cl2NO/c1-3-20-16-7-5-12(8-15(16)18)10-19-13-6-4-11(2)14(17)9-13/h4-10H,3H2,1-2H3. The van der Waals surface area contributed by atoms with Crippen LogP contribution in [0.1, 0.15) is 18.1 Å². The predicted octanol–water partition coefficient (Wildman–Crippen LogP) is 5.45. The molecule has 0 amide bonds. The first-order valence-electron chi connectivity index (χ1n) is 6.32. The molecule has 0 bridgehead atoms. The van der Waals surface area contributed by atoms with Crippen molar-refractivity contribution in [1.82, 2.24) is 0 Å². The van der Waals surface area contributed by atoms with E-state index in [-0.39, 0.29) is 0 Å². The van der Waals surface area contributed by atoms with E-state index in [4.69, 9.17) is 27.9 Å². The average molecular weight is 308 g/mol. The van der Waals surface area contributed by atoms with Crippen molar-refractivity contribution in [3.8, 4) is 5.75 Å². The topological polar surface area (TPSA) is 21.6 Å². The number of aliphatic imine (C=N–C) groups is 1. The van der Waals surface area contributed by atoms with Gasteiger partial charge in [-0.05, 0) is 55.3 Å². The van der Waals surface area contributed by atoms with E-state index in [2.05, 4.69) is 4.99 Å². The van der Waals surface area contributed by atoms with Gasteiger partial charge in [-0.1, -0.05) is 29.3 Å². The van der Waals surface area contributed by atoms with Crippen LogP contribution in [0.5, 0.6) is 5.75 Å². The van der Waals surface area contributed by atoms with Crippen molar-refractivity contribution in [3.63, 3.8) is 0 Å². The summed E-state index contributed by atoms with van der Waals surface area (Å²) in [6.45, 7) is 4.48. The lowest BCUT2D eigenvalue weighted by atomic mass is 10.2. The lowest BCUT2D eigenvalue weighted by Crippen LogP contribution is -1.92. The Bertz CT molecular complexity index is 638. The Morgan fingerprint density at radius 1 is 1.10 bits per heavy atom. The molecular formula is C16H15Cl2NO. The van der Waals surface area contributed by atoms with E-state index in [1.807, 2.05) is 50.2 Å². The van der Waals surface area contributed by atoms with Crippen LogP contribution >= 0.6 is 23.2 Å². The number of hydrogen-bond donors (Lipinski definition) is 0. The fourth-order valence-electron chi connectivity index (χ4n) is 1.68. The van der Waals surface area contributed by atoms with Crippen LogP contribution in [-0.2, 0) is 0 Å². The first-order chi connectivity index (χ1) is 9.60. The Balaban J connectivity index is 2.18. The van der Waals surface area contributed by atoms with Crippen molar-refractivity contribution in [2.75, 3.05) is 6.61 Å². The maximum Gasteiger partial charge on any atom is 0.137 e. The van der Waals surface area contributed by atoms with Crippen LogP contribution in [0.15, 0.2) is 41.4 Å². The molecule has 4 heteroatoms. The third-order valence-corrected chi connectivity index (χ3v) is 3.48. The minimum absolute atomic E-state index is 0.581. The first-order valence-corrected chi connectivity index (χ1v) is 7.08. The van der Waals surface area contributed by atoms with E-state index in [0.29, 0.717) is 22.4 Å². The number of rotatable bonds is 4. The van der Waals surface area contributed by atoms with Crippen molar-refractivity contribution < 1.29 is 4.74 Å². The number of nitrogens with zero attached hydrogens (tertiary/aromatic N) is 1. The molecule has 0 fully saturated rings. The number of benzene rings is 2. The molecule has 0 aliphatic carbocycles. The highest BCUT2D eigenvalue weighted by molar-refractivity contribution is 6.32. The van der Waals surface area contributed by atoms with Gasteiger partial charge in [-0.3, -0.25) is 4.99 Å². The fourth-order valence-corrected chi connectivity index (χ4v) is 2.10. The number of halogens is 2. The predicted molar refractivity (Wildman–Crippen MR) is 86.1 cm³/mol. The van der Waals surface area contributed by atoms with E-state index >= 15 is 0 Å². The van der Waals surface area contributed by atoms with Crippen molar-refractivity contribution >= 4 is 35.1 Å². The second kappa shape index (κ2) is 6.78. The molecule has 2 nitrogen and oxygen atoms in total. The molecule has 0 saturated carbocycles. The second-order valence-electron chi connectivity index (χ2n) is 4.31. The molecule has 0 aliphatic heterocycles. The fraction of sp³-hybridized carbons (Fsp3) is 0.188. The van der Waals surface area contributed by atoms with Gasteiger partial charge in [-0.15, -0.1) is 0 Å². The minimum atomic E-state index is 0.581. The van der Waals surface area contributed by atoms with E-state index in [9.17, 15) is 0 Å². The van der Waals surface area contributed by atoms with E-state index < -0.39 is 0 Å². The van der Waals surface area contributed by atoms with Gasteiger partial charge in [0, 0.05) is 11.2 Å². The highest BCUT2D eigenvalue weighted by Gasteiger charge is 2.01. The molecular weight excluding hydrogens is 293 g/mol. The summed E-state index contributed by atoms with van der Waals surface area (Å²) in [7, 11) is 0. The molecule has 0 unspecified atom stereocenters. The normalized spacial score (nSPS) is 11.0. The van der Waals surface area contributed by atoms with Gasteiger partial charge in [0.05, 0.1) is 17.3 Å². The van der Waals surface area contributed by atoms with Crippen LogP contribution in [0.4, 0.5) is 5.69 Å². The lowest BCUT2D eigenvalue weighted by Gasteiger charge is -2.05. The maximum atomic E-state index is 6.13. The van der Waals surface area contributed by atoms with Gasteiger partial charge >= 0.3 is 0 Å². The van der Waals surface area contributed by atoms with Gasteiger partial charge in [-0.2, -0.15) is 0 Å². The Morgan fingerprint density at radius 3 is 2.55 bits per heavy atom. The molecule has 20 heavy (non-hydrogen) atoms. The molecule has 0 radical (unpaired) electrons. The van der Waals surface area contributed by atoms with E-state index in [1.165, 1.54) is 0 Å². The van der Waals surface area contributed by atoms with Gasteiger partial charge in [-0.25, -0.2) is 0 Å². The van der Waals surface area contributed by atoms with Crippen LogP contribution in [0, 0.1) is 6.92 Å². The van der Waals surface area contributed by atoms with Crippen molar-refractivity contribution in [2.45, 2.75) is 13.8 Å². The van der Waals surface area contributed by atoms with Gasteiger partial charge < -0.3 is 4.74 Å². The summed E-state index contributed by atoms with van der Waals surface area (Å²) in [5, 5.41) is 1.29. The molecule has 0 aromatic heterocycles. The Kier molecular flexibility index (Phi) is 5.05. The van der Waals surface area contributed by atoms with Crippen LogP contribution in [0.25, 0.3) is 0 Å². The van der Waals surface area contributed by atoms with Crippen molar-refractivity contribution in [1.29, 1.82) is 0 Å². The van der Waals surface area contributed by atoms with Crippen molar-refractivity contribution in [3.05, 3.63) is 57.6 Å². The molecule has 0 spiro atoms. The molecule has 2 aromatic rings. The van der Waals surface area contributed by atoms with Gasteiger partial charge in [0.1, 0.15) is 5.75 Å². The summed E-state index contributed by atoms with van der Waals surface area (Å²) < 4.78 is 5.39. The molecule has 0 aliphatic rings. The van der Waals surface area contributed by atoms with Crippen LogP contribution < -0.4 is 4.74 Å². The van der Waals surface area contributed by atoms with Crippen molar-refractivity contribution in [2.24, 2.45) is 4.99 Å². The summed E-state index contributed by atoms with van der Waals surface area (Å²) in [4.78, 5) is 4.39. The number of aryl methyl sites for hydroxylation is 1. The van der Waals surface area contributed by atoms with Crippen LogP contribution in [0.3, 0.4) is 0 Å². The highest BCUT2D eigenvalue weighted by Crippen LogP contribution is 2.26. The molecule has 0 atom stereocenters. The van der Waals surface area contributed by atoms with E-state index in [1.54, 1.807) is 6.21 Å². The largest absolute Gasteiger partial charge is 0.492 e. The zero-order valence-electron chi connectivity index (χ0n) is 11.4. The van der Waals surface area contributed by atoms with Gasteiger partial charge in [0.25, 0.3) is 0 Å². The summed E-state index contributed by atoms with van der Waals surface area (Å²) in [5.41, 5.74) is 2.76. The summed E-state index contributed by atoms with van der Waals surface area (Å²) in [5.74, 6) is 0.685. The molecule has 0 N–H and O–H groups in total. The third kappa shape index (κ3) is 3.75. The zero-order chi connectivity index (χ0) is 14.5. The Hall–Kier alpha value is -1.51. The summed E-state index contributed by atoms with van der Waals surface area (Å²) in [6.07, 6.45) is 1.75. The highest BCUT2D eigenvalue weighted by atomic mass is 35.5. The average Bonchev–Trinajstić information content (AvgIpc) is 2.43. The second-order valence-corrected chi connectivity index (χ2v) is 5.13. The zero-order valence-corrected chi connectivity index (χ0v) is 12.9. The van der Waals surface area contributed by atoms with Crippen LogP contribution in [0.2, 0.25) is 10.0 Å². The summed E-state index contributed by atoms with van der Waals surface area (Å²) >= 11 is 12.2. The number of ether oxygens (including phenoxy) is 1. The lowest BCUT2D eigenvalue weighted by molar-refractivity contribution is 0.340. The molecule has 2 rings (SSSR count). The Labute approximate surface area is 129 Å². The molecule has 0 heterocycles. The molecule has 0 saturated heterocycles. The smallest absolute Gasteiger partial charge is 0.137 e. The van der Waals surface area contributed by atoms with E-state index in [0.717, 1.165) is 16.8 Å². The quantitative estimate of drug-likeness (QED) is 0.688. The maximum absolute atomic E-state index is 6.13. The molecule has 2 aromatic carbocycles. The van der Waals surface area contributed by atoms with Crippen LogP contribution in [-0.4, -0.2) is 12.8 Å². The monoisotopic (exact) mass is 307 g/mol. The third-order valence-electron chi connectivity index (χ3n) is 2.77. The first kappa shape index (κ1) is 14.9. The number of hydrogen-bond acceptors (Lipinski definition) is 2. The Morgan fingerprint density at radius 2 is 1.90 bits per heavy atom. The van der Waals surface area contributed by atoms with Gasteiger partial charge in [0.2, 0.25) is 0 Å². The minimum Gasteiger partial charge on any atom is -0.492 e. The summed E-state index contributed by atoms with van der Waals surface area (Å²) in [6, 6.07) is 11.3. The SMILES string of the molecule is CCOc1ccc(C=Nc2ccc(C)c(Cl)c2)cc1Cl. The van der Waals surface area contributed by atoms with Gasteiger partial charge in [0.15, 0.2) is 0 Å².